The van der Waals surface area contributed by atoms with Crippen molar-refractivity contribution in [1.82, 2.24) is 0 Å². The van der Waals surface area contributed by atoms with Gasteiger partial charge in [0.15, 0.2) is 0 Å². The summed E-state index contributed by atoms with van der Waals surface area (Å²) in [6.07, 6.45) is 11.6. The predicted molar refractivity (Wildman–Crippen MR) is 134 cm³/mol. The van der Waals surface area contributed by atoms with E-state index in [2.05, 4.69) is 27.0 Å². The fraction of sp³-hybridized carbons (Fsp3) is 0.552. The second kappa shape index (κ2) is 9.89. The monoisotopic (exact) mass is 452 g/mol. The number of phenolic OH excluding ortho intramolecular Hbond substituents is 1. The predicted octanol–water partition coefficient (Wildman–Crippen LogP) is 6.44. The lowest BCUT2D eigenvalue weighted by atomic mass is 9.45. The van der Waals surface area contributed by atoms with E-state index in [4.69, 9.17) is 4.74 Å². The Kier molecular flexibility index (Phi) is 7.58. The quantitative estimate of drug-likeness (QED) is 0.270. The molecule has 4 heteroatoms. The molecule has 0 heterocycles. The lowest BCUT2D eigenvalue weighted by molar-refractivity contribution is -0.185. The molecule has 4 nitrogen and oxygen atoms in total. The highest BCUT2D eigenvalue weighted by Gasteiger charge is 2.59. The van der Waals surface area contributed by atoms with E-state index in [9.17, 15) is 15.0 Å². The van der Waals surface area contributed by atoms with Gasteiger partial charge in [-0.15, -0.1) is 0 Å². The van der Waals surface area contributed by atoms with Crippen LogP contribution in [0.3, 0.4) is 0 Å². The van der Waals surface area contributed by atoms with Crippen LogP contribution in [0.4, 0.5) is 0 Å². The number of fused-ring (bicyclic) bond motifs is 1. The Bertz CT molecular complexity index is 897. The highest BCUT2D eigenvalue weighted by Crippen LogP contribution is 2.63. The summed E-state index contributed by atoms with van der Waals surface area (Å²) in [7, 11) is 0. The minimum absolute atomic E-state index is 0.00944. The van der Waals surface area contributed by atoms with Gasteiger partial charge in [0.1, 0.15) is 5.75 Å². The Hall–Kier alpha value is -2.33. The van der Waals surface area contributed by atoms with Gasteiger partial charge >= 0.3 is 5.97 Å². The molecule has 0 unspecified atom stereocenters. The number of aliphatic hydroxyl groups is 1. The number of esters is 1. The average molecular weight is 453 g/mol. The molecule has 0 aromatic heterocycles. The standard InChI is InChI=1S/C29H40O4/c1-6-21(2)8-14-25-28(4)18-7-17-27(3,24(28)16-19-29(25,5)32)20-33-26(31)15-11-22-9-12-23(30)13-10-22/h6,9-13,15,24-25,30,32H,1-2,7-8,14,16-20H2,3-5H3/b15-11+/t24-,25+,27+,28-,29-/m0/s1. The number of carbonyl (C=O) groups excluding carboxylic acids is 1. The number of allylic oxidation sites excluding steroid dienone is 2. The zero-order valence-electron chi connectivity index (χ0n) is 20.5. The molecule has 1 aromatic rings. The molecule has 5 atom stereocenters. The van der Waals surface area contributed by atoms with Crippen molar-refractivity contribution >= 4 is 12.0 Å². The molecule has 180 valence electrons. The van der Waals surface area contributed by atoms with Crippen molar-refractivity contribution in [2.45, 2.75) is 71.3 Å². The zero-order chi connectivity index (χ0) is 24.3. The Morgan fingerprint density at radius 2 is 1.88 bits per heavy atom. The van der Waals surface area contributed by atoms with Crippen molar-refractivity contribution in [1.29, 1.82) is 0 Å². The molecule has 2 fully saturated rings. The topological polar surface area (TPSA) is 66.8 Å². The normalized spacial score (nSPS) is 33.9. The third-order valence-electron chi connectivity index (χ3n) is 8.48. The van der Waals surface area contributed by atoms with Crippen molar-refractivity contribution in [2.75, 3.05) is 6.61 Å². The Morgan fingerprint density at radius 1 is 1.18 bits per heavy atom. The van der Waals surface area contributed by atoms with Crippen molar-refractivity contribution in [3.8, 4) is 5.75 Å². The van der Waals surface area contributed by atoms with Crippen LogP contribution >= 0.6 is 0 Å². The van der Waals surface area contributed by atoms with Gasteiger partial charge in [-0.05, 0) is 86.5 Å². The van der Waals surface area contributed by atoms with Crippen LogP contribution in [-0.2, 0) is 9.53 Å². The molecule has 0 spiro atoms. The van der Waals surface area contributed by atoms with Crippen molar-refractivity contribution in [2.24, 2.45) is 22.7 Å². The summed E-state index contributed by atoms with van der Waals surface area (Å²) >= 11 is 0. The Balaban J connectivity index is 1.71. The van der Waals surface area contributed by atoms with Gasteiger partial charge < -0.3 is 14.9 Å². The number of hydrogen-bond acceptors (Lipinski definition) is 4. The lowest BCUT2D eigenvalue weighted by Gasteiger charge is -2.61. The van der Waals surface area contributed by atoms with Crippen LogP contribution in [0.2, 0.25) is 0 Å². The molecule has 3 rings (SSSR count). The number of phenols is 1. The summed E-state index contributed by atoms with van der Waals surface area (Å²) in [6.45, 7) is 14.9. The van der Waals surface area contributed by atoms with Crippen molar-refractivity contribution in [3.63, 3.8) is 0 Å². The summed E-state index contributed by atoms with van der Waals surface area (Å²) in [5.74, 6) is 0.403. The summed E-state index contributed by atoms with van der Waals surface area (Å²) in [4.78, 5) is 12.5. The minimum atomic E-state index is -0.700. The van der Waals surface area contributed by atoms with Gasteiger partial charge in [0, 0.05) is 11.5 Å². The number of hydrogen-bond donors (Lipinski definition) is 2. The molecule has 2 saturated carbocycles. The first-order valence-electron chi connectivity index (χ1n) is 12.2. The van der Waals surface area contributed by atoms with E-state index in [0.717, 1.165) is 56.1 Å². The van der Waals surface area contributed by atoms with E-state index in [0.29, 0.717) is 12.5 Å². The maximum atomic E-state index is 12.5. The fourth-order valence-electron chi connectivity index (χ4n) is 6.71. The maximum absolute atomic E-state index is 12.5. The van der Waals surface area contributed by atoms with Gasteiger partial charge in [-0.25, -0.2) is 4.79 Å². The SMILES string of the molecule is C=CC(=C)CC[C@@H]1[C@@]2(C)CCC[C@](C)(COC(=O)/C=C/c3ccc(O)cc3)[C@@H]2CC[C@]1(C)O. The summed E-state index contributed by atoms with van der Waals surface area (Å²) in [5.41, 5.74) is 1.03. The second-order valence-corrected chi connectivity index (χ2v) is 10.9. The molecule has 0 amide bonds. The number of benzene rings is 1. The third kappa shape index (κ3) is 5.60. The van der Waals surface area contributed by atoms with E-state index in [1.165, 1.54) is 6.08 Å². The molecule has 2 N–H and O–H groups in total. The van der Waals surface area contributed by atoms with E-state index in [1.54, 1.807) is 30.3 Å². The largest absolute Gasteiger partial charge is 0.508 e. The molecule has 2 aliphatic carbocycles. The highest BCUT2D eigenvalue weighted by molar-refractivity contribution is 5.87. The van der Waals surface area contributed by atoms with Gasteiger partial charge in [0.05, 0.1) is 12.2 Å². The van der Waals surface area contributed by atoms with Crippen LogP contribution < -0.4 is 0 Å². The smallest absolute Gasteiger partial charge is 0.330 e. The van der Waals surface area contributed by atoms with Crippen LogP contribution in [-0.4, -0.2) is 28.4 Å². The minimum Gasteiger partial charge on any atom is -0.508 e. The number of carbonyl (C=O) groups is 1. The van der Waals surface area contributed by atoms with E-state index < -0.39 is 5.60 Å². The maximum Gasteiger partial charge on any atom is 0.330 e. The Labute approximate surface area is 199 Å². The zero-order valence-corrected chi connectivity index (χ0v) is 20.5. The second-order valence-electron chi connectivity index (χ2n) is 10.9. The fourth-order valence-corrected chi connectivity index (χ4v) is 6.71. The van der Waals surface area contributed by atoms with Gasteiger partial charge in [-0.2, -0.15) is 0 Å². The lowest BCUT2D eigenvalue weighted by Crippen LogP contribution is -2.59. The molecule has 0 radical (unpaired) electrons. The number of aromatic hydroxyl groups is 1. The highest BCUT2D eigenvalue weighted by atomic mass is 16.5. The molecule has 33 heavy (non-hydrogen) atoms. The van der Waals surface area contributed by atoms with Crippen LogP contribution in [0.5, 0.6) is 5.75 Å². The van der Waals surface area contributed by atoms with Gasteiger partial charge in [0.2, 0.25) is 0 Å². The summed E-state index contributed by atoms with van der Waals surface area (Å²) in [6, 6.07) is 6.69. The molecular formula is C29H40O4. The number of rotatable bonds is 8. The van der Waals surface area contributed by atoms with Crippen molar-refractivity contribution in [3.05, 3.63) is 60.7 Å². The van der Waals surface area contributed by atoms with Gasteiger partial charge in [-0.3, -0.25) is 0 Å². The molecular weight excluding hydrogens is 412 g/mol. The van der Waals surface area contributed by atoms with Gasteiger partial charge in [-0.1, -0.05) is 57.2 Å². The van der Waals surface area contributed by atoms with Crippen LogP contribution in [0.1, 0.15) is 71.3 Å². The first-order chi connectivity index (χ1) is 15.5. The molecule has 1 aromatic carbocycles. The van der Waals surface area contributed by atoms with Crippen LogP contribution in [0.25, 0.3) is 6.08 Å². The summed E-state index contributed by atoms with van der Waals surface area (Å²) in [5, 5.41) is 20.7. The molecule has 0 aliphatic heterocycles. The summed E-state index contributed by atoms with van der Waals surface area (Å²) < 4.78 is 5.76. The molecule has 0 saturated heterocycles. The first-order valence-corrected chi connectivity index (χ1v) is 12.2. The van der Waals surface area contributed by atoms with Crippen LogP contribution in [0, 0.1) is 22.7 Å². The third-order valence-corrected chi connectivity index (χ3v) is 8.48. The molecule has 0 bridgehead atoms. The van der Waals surface area contributed by atoms with E-state index in [1.807, 2.05) is 13.0 Å². The van der Waals surface area contributed by atoms with E-state index in [-0.39, 0.29) is 28.5 Å². The average Bonchev–Trinajstić information content (AvgIpc) is 2.76. The van der Waals surface area contributed by atoms with E-state index >= 15 is 0 Å². The van der Waals surface area contributed by atoms with Crippen LogP contribution in [0.15, 0.2) is 55.1 Å². The van der Waals surface area contributed by atoms with Crippen molar-refractivity contribution < 1.29 is 19.7 Å². The van der Waals surface area contributed by atoms with Gasteiger partial charge in [0.25, 0.3) is 0 Å². The molecule has 2 aliphatic rings. The number of ether oxygens (including phenoxy) is 1. The Morgan fingerprint density at radius 3 is 2.55 bits per heavy atom. The first kappa shape index (κ1) is 25.3.